The molecule has 0 aromatic heterocycles. The molecule has 4 atom stereocenters. The Hall–Kier alpha value is 0.0969. The van der Waals surface area contributed by atoms with Crippen LogP contribution < -0.4 is 0 Å². The predicted octanol–water partition coefficient (Wildman–Crippen LogP) is 8.09. The van der Waals surface area contributed by atoms with Gasteiger partial charge in [-0.1, -0.05) is 59.8 Å². The fourth-order valence-electron chi connectivity index (χ4n) is 6.77. The summed E-state index contributed by atoms with van der Waals surface area (Å²) in [5.41, 5.74) is -0.779. The van der Waals surface area contributed by atoms with Crippen molar-refractivity contribution in [1.82, 2.24) is 0 Å². The predicted molar refractivity (Wildman–Crippen MR) is 144 cm³/mol. The minimum absolute atomic E-state index is 0.260. The second kappa shape index (κ2) is 10.6. The monoisotopic (exact) mass is 482 g/mol. The molecule has 0 bridgehead atoms. The fraction of sp³-hybridized carbons (Fsp3) is 1.00. The first-order chi connectivity index (χ1) is 14.9. The van der Waals surface area contributed by atoms with Gasteiger partial charge in [0.25, 0.3) is 0 Å². The molecule has 2 saturated carbocycles. The van der Waals surface area contributed by atoms with E-state index in [4.69, 9.17) is 4.43 Å². The summed E-state index contributed by atoms with van der Waals surface area (Å²) in [6, 6.07) is 0. The zero-order valence-corrected chi connectivity index (χ0v) is 24.9. The molecule has 2 fully saturated rings. The first-order valence-electron chi connectivity index (χ1n) is 14.0. The number of aliphatic hydroxyl groups is 2. The summed E-state index contributed by atoms with van der Waals surface area (Å²) in [6.45, 7) is 22.3. The summed E-state index contributed by atoms with van der Waals surface area (Å²) in [5, 5.41) is 20.8. The summed E-state index contributed by atoms with van der Waals surface area (Å²) >= 11 is 0. The maximum Gasteiger partial charge on any atom is 0.192 e. The highest BCUT2D eigenvalue weighted by atomic mass is 28.4. The molecule has 0 radical (unpaired) electrons. The van der Waals surface area contributed by atoms with Crippen LogP contribution in [-0.4, -0.2) is 35.8 Å². The summed E-state index contributed by atoms with van der Waals surface area (Å²) in [4.78, 5) is 0. The van der Waals surface area contributed by atoms with Crippen molar-refractivity contribution in [3.05, 3.63) is 0 Å². The van der Waals surface area contributed by atoms with Crippen molar-refractivity contribution in [1.29, 1.82) is 0 Å². The molecule has 0 aromatic carbocycles. The van der Waals surface area contributed by atoms with Crippen molar-refractivity contribution in [3.63, 3.8) is 0 Å². The molecule has 4 heteroatoms. The van der Waals surface area contributed by atoms with E-state index in [9.17, 15) is 10.2 Å². The molecule has 2 aliphatic carbocycles. The van der Waals surface area contributed by atoms with Crippen LogP contribution in [-0.2, 0) is 4.43 Å². The highest BCUT2D eigenvalue weighted by molar-refractivity contribution is 6.74. The van der Waals surface area contributed by atoms with Crippen LogP contribution in [0, 0.1) is 23.2 Å². The van der Waals surface area contributed by atoms with E-state index in [1.54, 1.807) is 0 Å². The lowest BCUT2D eigenvalue weighted by Crippen LogP contribution is -2.50. The molecule has 2 rings (SSSR count). The van der Waals surface area contributed by atoms with Gasteiger partial charge in [-0.25, -0.2) is 0 Å². The quantitative estimate of drug-likeness (QED) is 0.292. The Morgan fingerprint density at radius 2 is 1.39 bits per heavy atom. The topological polar surface area (TPSA) is 49.7 Å². The van der Waals surface area contributed by atoms with Crippen molar-refractivity contribution in [2.75, 3.05) is 0 Å². The van der Waals surface area contributed by atoms with Crippen molar-refractivity contribution in [2.45, 2.75) is 161 Å². The van der Waals surface area contributed by atoms with Crippen LogP contribution in [0.25, 0.3) is 0 Å². The molecule has 0 aromatic rings. The van der Waals surface area contributed by atoms with Gasteiger partial charge in [-0.3, -0.25) is 0 Å². The zero-order chi connectivity index (χ0) is 25.3. The Morgan fingerprint density at radius 3 is 1.85 bits per heavy atom. The average molecular weight is 483 g/mol. The van der Waals surface area contributed by atoms with Crippen LogP contribution in [0.4, 0.5) is 0 Å². The maximum absolute atomic E-state index is 10.3. The minimum Gasteiger partial charge on any atom is -0.414 e. The molecule has 0 saturated heterocycles. The van der Waals surface area contributed by atoms with E-state index in [0.717, 1.165) is 31.6 Å². The number of hydrogen-bond donors (Lipinski definition) is 2. The fourth-order valence-corrected chi connectivity index (χ4v) is 8.16. The van der Waals surface area contributed by atoms with Crippen LogP contribution >= 0.6 is 0 Å². The smallest absolute Gasteiger partial charge is 0.192 e. The standard InChI is InChI=1S/C29H58O3Si/c1-26(2,3)33(9,10)32-25-16-13-21-29(8)23(17-18-24(25)29)22(14-11-19-27(4,5)30)15-12-20-28(6,7)31/h22-25,30-31H,11-21H2,1-10H3/t23-,24+,25+,29-/m1/s1. The van der Waals surface area contributed by atoms with Gasteiger partial charge in [0.1, 0.15) is 0 Å². The highest BCUT2D eigenvalue weighted by Gasteiger charge is 2.54. The number of rotatable bonds is 11. The summed E-state index contributed by atoms with van der Waals surface area (Å²) < 4.78 is 7.07. The van der Waals surface area contributed by atoms with Crippen molar-refractivity contribution >= 4 is 8.32 Å². The van der Waals surface area contributed by atoms with Gasteiger partial charge in [0.05, 0.1) is 11.2 Å². The van der Waals surface area contributed by atoms with Gasteiger partial charge < -0.3 is 14.6 Å². The molecule has 0 unspecified atom stereocenters. The van der Waals surface area contributed by atoms with E-state index in [1.165, 1.54) is 44.9 Å². The van der Waals surface area contributed by atoms with Crippen LogP contribution in [0.15, 0.2) is 0 Å². The SMILES string of the molecule is CC(C)(O)CCCC(CCCC(C)(C)O)[C@H]1CC[C@H]2[C@@H](O[Si](C)(C)C(C)(C)C)CCC[C@]12C. The van der Waals surface area contributed by atoms with Crippen molar-refractivity contribution in [2.24, 2.45) is 23.2 Å². The van der Waals surface area contributed by atoms with Gasteiger partial charge in [-0.05, 0) is 108 Å². The van der Waals surface area contributed by atoms with Gasteiger partial charge in [-0.15, -0.1) is 0 Å². The summed E-state index contributed by atoms with van der Waals surface area (Å²) in [6.07, 6.45) is 13.3. The molecule has 196 valence electrons. The molecule has 0 spiro atoms. The third-order valence-electron chi connectivity index (χ3n) is 9.68. The van der Waals surface area contributed by atoms with Crippen LogP contribution in [0.3, 0.4) is 0 Å². The van der Waals surface area contributed by atoms with E-state index >= 15 is 0 Å². The highest BCUT2D eigenvalue weighted by Crippen LogP contribution is 2.60. The average Bonchev–Trinajstić information content (AvgIpc) is 2.95. The maximum atomic E-state index is 10.3. The van der Waals surface area contributed by atoms with Gasteiger partial charge in [-0.2, -0.15) is 0 Å². The van der Waals surface area contributed by atoms with Crippen LogP contribution in [0.5, 0.6) is 0 Å². The normalized spacial score (nSPS) is 29.5. The van der Waals surface area contributed by atoms with Gasteiger partial charge >= 0.3 is 0 Å². The molecule has 2 N–H and O–H groups in total. The van der Waals surface area contributed by atoms with E-state index in [0.29, 0.717) is 23.4 Å². The van der Waals surface area contributed by atoms with Gasteiger partial charge in [0.2, 0.25) is 0 Å². The second-order valence-electron chi connectivity index (χ2n) is 14.8. The first-order valence-corrected chi connectivity index (χ1v) is 16.9. The Morgan fingerprint density at radius 1 is 0.879 bits per heavy atom. The third-order valence-corrected chi connectivity index (χ3v) is 14.2. The van der Waals surface area contributed by atoms with E-state index in [-0.39, 0.29) is 5.04 Å². The van der Waals surface area contributed by atoms with E-state index in [1.807, 2.05) is 27.7 Å². The number of fused-ring (bicyclic) bond motifs is 1. The molecular weight excluding hydrogens is 424 g/mol. The lowest BCUT2D eigenvalue weighted by Gasteiger charge is -2.50. The van der Waals surface area contributed by atoms with E-state index in [2.05, 4.69) is 40.8 Å². The largest absolute Gasteiger partial charge is 0.414 e. The Bertz CT molecular complexity index is 590. The summed E-state index contributed by atoms with van der Waals surface area (Å²) in [5.74, 6) is 2.13. The third kappa shape index (κ3) is 8.05. The van der Waals surface area contributed by atoms with Crippen LogP contribution in [0.2, 0.25) is 18.1 Å². The lowest BCUT2D eigenvalue weighted by molar-refractivity contribution is -0.0259. The molecule has 0 aliphatic heterocycles. The molecule has 0 amide bonds. The Kier molecular flexibility index (Phi) is 9.43. The van der Waals surface area contributed by atoms with Crippen molar-refractivity contribution in [3.8, 4) is 0 Å². The molecular formula is C29H58O3Si. The van der Waals surface area contributed by atoms with Gasteiger partial charge in [0.15, 0.2) is 8.32 Å². The second-order valence-corrected chi connectivity index (χ2v) is 19.5. The van der Waals surface area contributed by atoms with Crippen LogP contribution in [0.1, 0.15) is 126 Å². The first kappa shape index (κ1) is 29.3. The molecule has 0 heterocycles. The lowest BCUT2D eigenvalue weighted by atomic mass is 9.60. The van der Waals surface area contributed by atoms with Gasteiger partial charge in [0, 0.05) is 6.10 Å². The molecule has 3 nitrogen and oxygen atoms in total. The molecule has 2 aliphatic rings. The summed E-state index contributed by atoms with van der Waals surface area (Å²) in [7, 11) is -1.77. The molecule has 33 heavy (non-hydrogen) atoms. The zero-order valence-electron chi connectivity index (χ0n) is 23.9. The minimum atomic E-state index is -1.77. The van der Waals surface area contributed by atoms with Crippen molar-refractivity contribution < 1.29 is 14.6 Å². The number of hydrogen-bond acceptors (Lipinski definition) is 3. The Balaban J connectivity index is 2.16. The van der Waals surface area contributed by atoms with E-state index < -0.39 is 19.5 Å². The Labute approximate surface area is 207 Å².